The average Bonchev–Trinajstić information content (AvgIpc) is 3.18. The molecule has 1 fully saturated rings. The Balaban J connectivity index is 1.39. The molecule has 0 radical (unpaired) electrons. The third-order valence-electron chi connectivity index (χ3n) is 10.8. The highest BCUT2D eigenvalue weighted by Crippen LogP contribution is 2.47. The first kappa shape index (κ1) is 34.2. The van der Waals surface area contributed by atoms with Gasteiger partial charge in [-0.05, 0) is 97.7 Å². The lowest BCUT2D eigenvalue weighted by Crippen LogP contribution is -2.49. The number of sulfonamides is 1. The Morgan fingerprint density at radius 1 is 1.13 bits per heavy atom. The van der Waals surface area contributed by atoms with Crippen LogP contribution in [-0.4, -0.2) is 74.2 Å². The number of hydrogen-bond donors (Lipinski definition) is 1. The molecule has 11 heteroatoms. The summed E-state index contributed by atoms with van der Waals surface area (Å²) in [5.41, 5.74) is 2.95. The second-order valence-corrected chi connectivity index (χ2v) is 15.8. The number of anilines is 1. The number of methoxy groups -OCH3 is 2. The van der Waals surface area contributed by atoms with E-state index in [1.165, 1.54) is 17.2 Å². The van der Waals surface area contributed by atoms with Gasteiger partial charge in [0.05, 0.1) is 49.0 Å². The van der Waals surface area contributed by atoms with Gasteiger partial charge >= 0.3 is 0 Å². The molecule has 2 bridgehead atoms. The molecule has 47 heavy (non-hydrogen) atoms. The summed E-state index contributed by atoms with van der Waals surface area (Å²) in [6, 6.07) is 11.1. The van der Waals surface area contributed by atoms with Crippen LogP contribution in [0.3, 0.4) is 0 Å². The number of carbonyl (C=O) groups is 1. The van der Waals surface area contributed by atoms with Gasteiger partial charge in [-0.3, -0.25) is 4.79 Å². The highest BCUT2D eigenvalue weighted by Gasteiger charge is 2.44. The number of allylic oxidation sites excluding steroid dienone is 1. The predicted octanol–water partition coefficient (Wildman–Crippen LogP) is 5.53. The van der Waals surface area contributed by atoms with Gasteiger partial charge in [-0.2, -0.15) is 0 Å². The molecule has 6 rings (SSSR count). The van der Waals surface area contributed by atoms with Gasteiger partial charge in [0.25, 0.3) is 10.0 Å². The number of nitrogens with one attached hydrogen (secondary N) is 1. The Hall–Kier alpha value is -2.63. The van der Waals surface area contributed by atoms with Crippen molar-refractivity contribution in [2.75, 3.05) is 58.6 Å². The molecule has 2 aromatic rings. The lowest BCUT2D eigenvalue weighted by Gasteiger charge is -2.46. The first-order chi connectivity index (χ1) is 22.6. The third-order valence-corrected chi connectivity index (χ3v) is 12.3. The van der Waals surface area contributed by atoms with Crippen molar-refractivity contribution in [2.45, 2.75) is 61.9 Å². The fourth-order valence-corrected chi connectivity index (χ4v) is 9.15. The monoisotopic (exact) mass is 686 g/mol. The fourth-order valence-electron chi connectivity index (χ4n) is 7.90. The van der Waals surface area contributed by atoms with Crippen molar-refractivity contribution in [1.82, 2.24) is 4.72 Å². The van der Waals surface area contributed by atoms with Crippen LogP contribution >= 0.6 is 11.6 Å². The molecule has 1 spiro atoms. The highest BCUT2D eigenvalue weighted by molar-refractivity contribution is 7.90. The SMILES string of the molecule is COCCOC[C@H]1C(=O)NS(=O)(=O)c2ccc3c(c2)N(C[C@@H]2CC[C@H]2[C@H](OC)C=CC[C@@H]1C)C[C@@]1(CCCc2cc(Cl)ccc21)CO3. The van der Waals surface area contributed by atoms with Crippen LogP contribution in [0, 0.1) is 23.7 Å². The molecule has 0 saturated heterocycles. The maximum atomic E-state index is 13.8. The lowest BCUT2D eigenvalue weighted by molar-refractivity contribution is -0.127. The second kappa shape index (κ2) is 14.5. The van der Waals surface area contributed by atoms with E-state index in [4.69, 9.17) is 30.5 Å². The van der Waals surface area contributed by atoms with Crippen LogP contribution in [0.15, 0.2) is 53.4 Å². The number of fused-ring (bicyclic) bond motifs is 4. The zero-order valence-corrected chi connectivity index (χ0v) is 29.2. The van der Waals surface area contributed by atoms with E-state index in [2.05, 4.69) is 33.9 Å². The molecule has 0 aromatic heterocycles. The van der Waals surface area contributed by atoms with Gasteiger partial charge in [0.1, 0.15) is 5.75 Å². The van der Waals surface area contributed by atoms with E-state index in [9.17, 15) is 13.2 Å². The van der Waals surface area contributed by atoms with Crippen LogP contribution in [0.4, 0.5) is 5.69 Å². The quantitative estimate of drug-likeness (QED) is 0.313. The normalized spacial score (nSPS) is 30.3. The summed E-state index contributed by atoms with van der Waals surface area (Å²) in [5.74, 6) is -0.121. The Morgan fingerprint density at radius 2 is 1.98 bits per heavy atom. The molecule has 6 atom stereocenters. The Morgan fingerprint density at radius 3 is 2.74 bits per heavy atom. The predicted molar refractivity (Wildman–Crippen MR) is 182 cm³/mol. The maximum absolute atomic E-state index is 13.8. The molecular formula is C36H47ClN2O7S. The number of aryl methyl sites for hydroxylation is 1. The number of amides is 1. The van der Waals surface area contributed by atoms with Gasteiger partial charge in [0.15, 0.2) is 0 Å². The molecular weight excluding hydrogens is 640 g/mol. The summed E-state index contributed by atoms with van der Waals surface area (Å²) in [5, 5.41) is 0.731. The van der Waals surface area contributed by atoms with Crippen molar-refractivity contribution in [3.8, 4) is 5.75 Å². The van der Waals surface area contributed by atoms with Gasteiger partial charge in [0.2, 0.25) is 5.91 Å². The molecule has 2 aliphatic carbocycles. The number of hydrogen-bond acceptors (Lipinski definition) is 8. The van der Waals surface area contributed by atoms with Crippen molar-refractivity contribution < 1.29 is 32.2 Å². The average molecular weight is 687 g/mol. The smallest absolute Gasteiger partial charge is 0.264 e. The first-order valence-corrected chi connectivity index (χ1v) is 18.6. The van der Waals surface area contributed by atoms with E-state index in [1.807, 2.05) is 13.0 Å². The topological polar surface area (TPSA) is 103 Å². The van der Waals surface area contributed by atoms with Crippen molar-refractivity contribution in [3.05, 3.63) is 64.7 Å². The summed E-state index contributed by atoms with van der Waals surface area (Å²) < 4.78 is 53.4. The molecule has 2 aromatic carbocycles. The van der Waals surface area contributed by atoms with Crippen LogP contribution in [0.2, 0.25) is 5.02 Å². The summed E-state index contributed by atoms with van der Waals surface area (Å²) >= 11 is 6.43. The van der Waals surface area contributed by atoms with E-state index in [-0.39, 0.29) is 28.9 Å². The van der Waals surface area contributed by atoms with Crippen molar-refractivity contribution >= 4 is 33.2 Å². The number of rotatable bonds is 6. The molecule has 1 amide bonds. The molecule has 2 aliphatic heterocycles. The van der Waals surface area contributed by atoms with Crippen molar-refractivity contribution in [3.63, 3.8) is 0 Å². The molecule has 1 N–H and O–H groups in total. The van der Waals surface area contributed by atoms with Gasteiger partial charge in [-0.25, -0.2) is 13.1 Å². The summed E-state index contributed by atoms with van der Waals surface area (Å²) in [6.07, 6.45) is 9.78. The molecule has 0 unspecified atom stereocenters. The summed E-state index contributed by atoms with van der Waals surface area (Å²) in [6.45, 7) is 4.62. The maximum Gasteiger partial charge on any atom is 0.264 e. The second-order valence-electron chi connectivity index (χ2n) is 13.7. The number of benzene rings is 2. The van der Waals surface area contributed by atoms with Gasteiger partial charge < -0.3 is 23.8 Å². The Kier molecular flexibility index (Phi) is 10.5. The van der Waals surface area contributed by atoms with Crippen LogP contribution in [0.1, 0.15) is 50.2 Å². The van der Waals surface area contributed by atoms with Crippen molar-refractivity contribution in [2.24, 2.45) is 23.7 Å². The van der Waals surface area contributed by atoms with Crippen LogP contribution < -0.4 is 14.4 Å². The van der Waals surface area contributed by atoms with Gasteiger partial charge in [-0.1, -0.05) is 36.7 Å². The molecule has 4 aliphatic rings. The highest BCUT2D eigenvalue weighted by atomic mass is 35.5. The van der Waals surface area contributed by atoms with E-state index in [1.54, 1.807) is 26.4 Å². The van der Waals surface area contributed by atoms with E-state index in [0.29, 0.717) is 50.4 Å². The Bertz CT molecular complexity index is 1580. The van der Waals surface area contributed by atoms with E-state index >= 15 is 0 Å². The zero-order chi connectivity index (χ0) is 33.2. The fraction of sp³-hybridized carbons (Fsp3) is 0.583. The minimum absolute atomic E-state index is 0.0311. The van der Waals surface area contributed by atoms with Crippen molar-refractivity contribution in [1.29, 1.82) is 0 Å². The number of carbonyl (C=O) groups excluding carboxylic acids is 1. The number of halogens is 1. The largest absolute Gasteiger partial charge is 0.490 e. The van der Waals surface area contributed by atoms with Crippen LogP contribution in [0.25, 0.3) is 0 Å². The Labute approximate surface area is 284 Å². The molecule has 9 nitrogen and oxygen atoms in total. The van der Waals surface area contributed by atoms with Crippen LogP contribution in [-0.2, 0) is 40.9 Å². The van der Waals surface area contributed by atoms with Crippen LogP contribution in [0.5, 0.6) is 5.75 Å². The van der Waals surface area contributed by atoms with Gasteiger partial charge in [0, 0.05) is 37.7 Å². The minimum atomic E-state index is -4.19. The lowest BCUT2D eigenvalue weighted by atomic mass is 9.68. The van der Waals surface area contributed by atoms with E-state index < -0.39 is 21.8 Å². The van der Waals surface area contributed by atoms with E-state index in [0.717, 1.165) is 49.4 Å². The number of ether oxygens (including phenoxy) is 4. The third kappa shape index (κ3) is 7.22. The molecule has 256 valence electrons. The summed E-state index contributed by atoms with van der Waals surface area (Å²) in [4.78, 5) is 16.0. The molecule has 1 saturated carbocycles. The first-order valence-electron chi connectivity index (χ1n) is 16.8. The number of nitrogens with zero attached hydrogens (tertiary/aromatic N) is 1. The summed E-state index contributed by atoms with van der Waals surface area (Å²) in [7, 11) is -0.846. The standard InChI is InChI=1S/C36H47ClN2O7S/c1-24-6-4-8-33(44-3)29-12-9-26(29)20-39-22-36(15-5-7-25-18-27(37)10-13-31(25)36)23-46-34-14-11-28(19-32(34)39)47(41,42)38-35(40)30(24)21-45-17-16-43-2/h4,8,10-11,13-14,18-19,24,26,29-30,33H,5-7,9,12,15-17,20-23H2,1-3H3,(H,38,40)/t24-,26-,29+,30+,33+,36-/m0/s1. The van der Waals surface area contributed by atoms with Gasteiger partial charge in [-0.15, -0.1) is 0 Å². The minimum Gasteiger partial charge on any atom is -0.490 e. The molecule has 2 heterocycles. The zero-order valence-electron chi connectivity index (χ0n) is 27.6.